The third-order valence-corrected chi connectivity index (χ3v) is 15.9. The zero-order valence-electron chi connectivity index (χ0n) is 47.4. The molecule has 0 aliphatic carbocycles. The highest BCUT2D eigenvalue weighted by molar-refractivity contribution is 6.20. The predicted molar refractivity (Wildman–Crippen MR) is 330 cm³/mol. The van der Waals surface area contributed by atoms with E-state index in [9.17, 15) is 0 Å². The molecule has 12 rings (SSSR count). The van der Waals surface area contributed by atoms with Crippen molar-refractivity contribution in [2.75, 3.05) is 16.5 Å². The van der Waals surface area contributed by atoms with Gasteiger partial charge in [-0.3, -0.25) is 4.57 Å². The van der Waals surface area contributed by atoms with Gasteiger partial charge in [-0.1, -0.05) is 186 Å². The van der Waals surface area contributed by atoms with Gasteiger partial charge in [0.2, 0.25) is 0 Å². The molecule has 0 N–H and O–H groups in total. The molecular weight excluding hydrogens is 951 g/mol. The highest BCUT2D eigenvalue weighted by Crippen LogP contribution is 2.52. The number of benzene rings is 8. The molecule has 3 aromatic heterocycles. The van der Waals surface area contributed by atoms with Crippen LogP contribution in [0.2, 0.25) is 0 Å². The van der Waals surface area contributed by atoms with Crippen LogP contribution in [0.15, 0.2) is 200 Å². The molecule has 0 bridgehead atoms. The summed E-state index contributed by atoms with van der Waals surface area (Å²) < 4.78 is 11.8. The summed E-state index contributed by atoms with van der Waals surface area (Å²) in [6, 6.07) is 71.2. The lowest BCUT2D eigenvalue weighted by Gasteiger charge is -2.30. The second-order valence-corrected chi connectivity index (χ2v) is 25.5. The lowest BCUT2D eigenvalue weighted by atomic mass is 9.81. The minimum absolute atomic E-state index is 0.0346. The largest absolute Gasteiger partial charge is 0.457 e. The fraction of sp³-hybridized carbons (Fsp3) is 0.236. The minimum atomic E-state index is -0.0933. The quantitative estimate of drug-likeness (QED) is 0.152. The first-order valence-electron chi connectivity index (χ1n) is 27.6. The van der Waals surface area contributed by atoms with E-state index >= 15 is 0 Å². The van der Waals surface area contributed by atoms with Crippen molar-refractivity contribution < 1.29 is 4.74 Å². The maximum atomic E-state index is 7.01. The molecule has 0 amide bonds. The van der Waals surface area contributed by atoms with Gasteiger partial charge in [0.15, 0.2) is 0 Å². The molecule has 0 spiro atoms. The molecule has 8 aromatic carbocycles. The van der Waals surface area contributed by atoms with Crippen LogP contribution >= 0.6 is 0 Å². The van der Waals surface area contributed by atoms with Crippen molar-refractivity contribution in [3.05, 3.63) is 223 Å². The maximum absolute atomic E-state index is 7.01. The number of ether oxygens (including phenoxy) is 1. The van der Waals surface area contributed by atoms with Crippen molar-refractivity contribution in [2.24, 2.45) is 0 Å². The van der Waals surface area contributed by atoms with Crippen LogP contribution in [0.3, 0.4) is 0 Å². The first kappa shape index (κ1) is 50.5. The number of anilines is 4. The van der Waals surface area contributed by atoms with E-state index in [2.05, 4.69) is 296 Å². The Kier molecular flexibility index (Phi) is 12.1. The van der Waals surface area contributed by atoms with Gasteiger partial charge in [-0.2, -0.15) is 0 Å². The van der Waals surface area contributed by atoms with Crippen LogP contribution in [0, 0.1) is 0 Å². The monoisotopic (exact) mass is 1020 g/mol. The molecule has 0 saturated heterocycles. The Morgan fingerprint density at radius 1 is 0.385 bits per heavy atom. The first-order chi connectivity index (χ1) is 37.2. The smallest absolute Gasteiger partial charge is 0.137 e. The van der Waals surface area contributed by atoms with Crippen LogP contribution in [0.1, 0.15) is 105 Å². The van der Waals surface area contributed by atoms with E-state index in [0.29, 0.717) is 6.67 Å². The van der Waals surface area contributed by atoms with Gasteiger partial charge in [0.05, 0.1) is 39.1 Å². The highest BCUT2D eigenvalue weighted by atomic mass is 16.5. The molecule has 4 heterocycles. The molecule has 6 heteroatoms. The van der Waals surface area contributed by atoms with E-state index in [4.69, 9.17) is 9.72 Å². The molecule has 0 radical (unpaired) electrons. The van der Waals surface area contributed by atoms with Crippen LogP contribution in [-0.2, 0) is 21.7 Å². The summed E-state index contributed by atoms with van der Waals surface area (Å²) in [4.78, 5) is 10.1. The molecule has 1 aliphatic rings. The van der Waals surface area contributed by atoms with E-state index in [1.807, 2.05) is 6.20 Å². The summed E-state index contributed by atoms with van der Waals surface area (Å²) in [5.41, 5.74) is 20.0. The van der Waals surface area contributed by atoms with Crippen LogP contribution in [0.5, 0.6) is 11.5 Å². The number of fused-ring (bicyclic) bond motifs is 6. The maximum Gasteiger partial charge on any atom is 0.137 e. The summed E-state index contributed by atoms with van der Waals surface area (Å²) >= 11 is 0. The highest BCUT2D eigenvalue weighted by Gasteiger charge is 2.33. The summed E-state index contributed by atoms with van der Waals surface area (Å²) in [6.07, 6.45) is 1.95. The predicted octanol–water partition coefficient (Wildman–Crippen LogP) is 19.7. The molecule has 1 aliphatic heterocycles. The van der Waals surface area contributed by atoms with E-state index < -0.39 is 0 Å². The van der Waals surface area contributed by atoms with E-state index in [-0.39, 0.29) is 21.7 Å². The van der Waals surface area contributed by atoms with E-state index in [1.54, 1.807) is 0 Å². The fourth-order valence-corrected chi connectivity index (χ4v) is 11.4. The normalized spacial score (nSPS) is 13.3. The van der Waals surface area contributed by atoms with Crippen molar-refractivity contribution in [1.82, 2.24) is 14.1 Å². The third kappa shape index (κ3) is 9.01. The van der Waals surface area contributed by atoms with Crippen molar-refractivity contribution >= 4 is 55.6 Å². The molecule has 11 aromatic rings. The zero-order chi connectivity index (χ0) is 54.5. The topological polar surface area (TPSA) is 38.5 Å². The lowest BCUT2D eigenvalue weighted by molar-refractivity contribution is 0.483. The van der Waals surface area contributed by atoms with Gasteiger partial charge in [0.1, 0.15) is 24.0 Å². The molecular formula is C72H71N5O. The average Bonchev–Trinajstić information content (AvgIpc) is 4.22. The van der Waals surface area contributed by atoms with Crippen LogP contribution in [0.4, 0.5) is 22.7 Å². The van der Waals surface area contributed by atoms with Crippen molar-refractivity contribution in [1.29, 1.82) is 0 Å². The van der Waals surface area contributed by atoms with E-state index in [1.165, 1.54) is 50.2 Å². The number of pyridine rings is 1. The van der Waals surface area contributed by atoms with Crippen molar-refractivity contribution in [2.45, 2.75) is 105 Å². The summed E-state index contributed by atoms with van der Waals surface area (Å²) in [5.74, 6) is 2.37. The van der Waals surface area contributed by atoms with Crippen LogP contribution in [0.25, 0.3) is 66.6 Å². The Hall–Kier alpha value is -8.35. The van der Waals surface area contributed by atoms with Gasteiger partial charge in [0.25, 0.3) is 0 Å². The van der Waals surface area contributed by atoms with Gasteiger partial charge >= 0.3 is 0 Å². The van der Waals surface area contributed by atoms with Gasteiger partial charge in [-0.05, 0) is 134 Å². The second-order valence-electron chi connectivity index (χ2n) is 25.5. The van der Waals surface area contributed by atoms with Crippen LogP contribution < -0.4 is 14.5 Å². The van der Waals surface area contributed by atoms with Crippen molar-refractivity contribution in [3.8, 4) is 45.3 Å². The Bertz CT molecular complexity index is 3980. The van der Waals surface area contributed by atoms with E-state index in [0.717, 1.165) is 72.9 Å². The van der Waals surface area contributed by atoms with Gasteiger partial charge < -0.3 is 19.1 Å². The molecule has 0 fully saturated rings. The van der Waals surface area contributed by atoms with Crippen molar-refractivity contribution in [3.63, 3.8) is 0 Å². The summed E-state index contributed by atoms with van der Waals surface area (Å²) in [6.45, 7) is 28.1. The molecule has 0 unspecified atom stereocenters. The summed E-state index contributed by atoms with van der Waals surface area (Å²) in [7, 11) is 0. The Balaban J connectivity index is 0.979. The van der Waals surface area contributed by atoms with Gasteiger partial charge in [-0.15, -0.1) is 0 Å². The Labute approximate surface area is 461 Å². The number of para-hydroxylation sites is 4. The number of aromatic nitrogens is 3. The number of hydrogen-bond acceptors (Lipinski definition) is 4. The number of nitrogens with zero attached hydrogens (tertiary/aromatic N) is 5. The summed E-state index contributed by atoms with van der Waals surface area (Å²) in [5, 5.41) is 2.28. The first-order valence-corrected chi connectivity index (χ1v) is 27.6. The fourth-order valence-electron chi connectivity index (χ4n) is 11.4. The van der Waals surface area contributed by atoms with Crippen LogP contribution in [-0.4, -0.2) is 20.8 Å². The lowest BCUT2D eigenvalue weighted by Crippen LogP contribution is -2.25. The zero-order valence-corrected chi connectivity index (χ0v) is 47.4. The molecule has 390 valence electrons. The minimum Gasteiger partial charge on any atom is -0.457 e. The third-order valence-electron chi connectivity index (χ3n) is 15.9. The Morgan fingerprint density at radius 2 is 0.910 bits per heavy atom. The van der Waals surface area contributed by atoms with Gasteiger partial charge in [0, 0.05) is 51.6 Å². The molecule has 78 heavy (non-hydrogen) atoms. The van der Waals surface area contributed by atoms with Gasteiger partial charge in [-0.25, -0.2) is 4.98 Å². The SMILES string of the molecule is CC(C)(C)c1ccc(-c2cc(C(C)(C)C)cc(-c3ccc(C(C)(C)C)cc3)c2N2CN(c3cccc(Oc4ccc5c(c4)n(-c4cc(C(C)(C)C)ccn4)c4c6ccccc6n(-c6ccccc6)c54)c3)c3ccccc32)cc1. The molecule has 0 saturated carbocycles. The number of hydrogen-bond donors (Lipinski definition) is 0. The Morgan fingerprint density at radius 3 is 1.53 bits per heavy atom. The molecule has 6 nitrogen and oxygen atoms in total. The molecule has 0 atom stereocenters. The number of rotatable bonds is 8. The second kappa shape index (κ2) is 18.7. The average molecular weight is 1020 g/mol. The standard InChI is InChI=1S/C72H71N5O/c1-69(2,3)49-33-29-47(30-34-49)59-41-52(72(10,11)12)42-60(48-31-35-50(36-32-48)70(4,5)6)66(59)75-46-74(62-27-18-19-28-63(62)75)54-23-20-24-55(44-54)78-56-37-38-58-64(45-56)77(65-43-51(39-40-73-65)71(7,8)9)68-57-25-16-17-26-61(57)76(67(58)68)53-21-14-13-15-22-53/h13-45H,46H2,1-12H3.